The lowest BCUT2D eigenvalue weighted by Gasteiger charge is -2.38. The molecule has 1 saturated carbocycles. The zero-order valence-electron chi connectivity index (χ0n) is 39.8. The molecule has 0 amide bonds. The fraction of sp³-hybridized carbons (Fsp3) is 0.660. The Morgan fingerprint density at radius 1 is 0.750 bits per heavy atom. The number of benzene rings is 1. The second kappa shape index (κ2) is 31.3. The van der Waals surface area contributed by atoms with Crippen LogP contribution in [0.15, 0.2) is 49.4 Å². The maximum atomic E-state index is 9.76. The summed E-state index contributed by atoms with van der Waals surface area (Å²) in [4.78, 5) is 15.9. The first kappa shape index (κ1) is 52.5. The molecule has 0 unspecified atom stereocenters. The Hall–Kier alpha value is -4.86. The Kier molecular flexibility index (Phi) is 24.2. The first-order valence-electron chi connectivity index (χ1n) is 23.8. The Bertz CT molecular complexity index is 1970. The number of methoxy groups -OCH3 is 1. The summed E-state index contributed by atoms with van der Waals surface area (Å²) in [7, 11) is 1.65. The molecule has 1 atom stereocenters. The zero-order chi connectivity index (χ0) is 47.3. The van der Waals surface area contributed by atoms with Crippen LogP contribution in [-0.4, -0.2) is 191 Å². The number of nitrogens with one attached hydrogen (secondary N) is 1. The van der Waals surface area contributed by atoms with E-state index in [4.69, 9.17) is 57.2 Å². The van der Waals surface area contributed by atoms with Crippen molar-refractivity contribution < 1.29 is 52.1 Å². The van der Waals surface area contributed by atoms with Gasteiger partial charge in [0.2, 0.25) is 5.95 Å². The second-order valence-corrected chi connectivity index (χ2v) is 16.2. The third-order valence-electron chi connectivity index (χ3n) is 11.2. The molecule has 0 bridgehead atoms. The zero-order valence-corrected chi connectivity index (χ0v) is 39.8. The molecule has 3 aromatic heterocycles. The summed E-state index contributed by atoms with van der Waals surface area (Å²) in [5.74, 6) is 1.36. The highest BCUT2D eigenvalue weighted by atomic mass is 16.6. The average molecular weight is 951 g/mol. The number of nitriles is 1. The van der Waals surface area contributed by atoms with Crippen molar-refractivity contribution in [1.29, 1.82) is 5.26 Å². The molecule has 0 radical (unpaired) electrons. The lowest BCUT2D eigenvalue weighted by atomic mass is 9.90. The van der Waals surface area contributed by atoms with Gasteiger partial charge in [0.25, 0.3) is 5.88 Å². The quantitative estimate of drug-likeness (QED) is 0.0634. The van der Waals surface area contributed by atoms with E-state index in [2.05, 4.69) is 36.3 Å². The number of rotatable bonds is 35. The van der Waals surface area contributed by atoms with Gasteiger partial charge in [-0.2, -0.15) is 10.4 Å². The molecule has 4 heterocycles. The number of hydrogen-bond acceptors (Lipinski definition) is 19. The number of hydrogen-bond donors (Lipinski definition) is 1. The van der Waals surface area contributed by atoms with Crippen molar-refractivity contribution >= 4 is 11.6 Å². The first-order chi connectivity index (χ1) is 33.6. The molecule has 4 aromatic rings. The van der Waals surface area contributed by atoms with Crippen molar-refractivity contribution in [2.45, 2.75) is 63.8 Å². The number of nitrogens with zero attached hydrogens (tertiary/aromatic N) is 9. The van der Waals surface area contributed by atoms with Crippen molar-refractivity contribution in [2.24, 2.45) is 0 Å². The average Bonchev–Trinajstić information content (AvgIpc) is 4.04. The number of aromatic nitrogens is 7. The minimum atomic E-state index is -0.251. The smallest absolute Gasteiger partial charge is 0.256 e. The van der Waals surface area contributed by atoms with Crippen molar-refractivity contribution in [1.82, 2.24) is 39.4 Å². The molecule has 6 rings (SSSR count). The van der Waals surface area contributed by atoms with E-state index in [-0.39, 0.29) is 12.1 Å². The molecule has 374 valence electrons. The van der Waals surface area contributed by atoms with Gasteiger partial charge >= 0.3 is 0 Å². The molecule has 68 heavy (non-hydrogen) atoms. The maximum absolute atomic E-state index is 9.76. The molecule has 2 fully saturated rings. The molecular formula is C47H70N10O11. The standard InChI is InChI=1S/C47H70N10O11/c1-38(34-56-37-49-36-52-56)68-45-30-39(4-5-40(45)31-48)41-32-50-47(51-33-41)53-44-35-57(43-8-6-42(7-9-43)55-10-14-60-15-11-55)54-46(44)67-13-3-12-59-18-19-62-22-23-64-26-27-66-29-28-65-25-24-63-21-20-61-17-16-58-2/h4-5,30,32-33,35-38,42-43H,3,6-29,34H2,1-2H3,(H,50,51,53)/t38-,42?,43?/m0/s1. The van der Waals surface area contributed by atoms with Crippen LogP contribution in [0.5, 0.6) is 11.6 Å². The molecule has 1 aliphatic carbocycles. The van der Waals surface area contributed by atoms with Crippen LogP contribution in [0.2, 0.25) is 0 Å². The first-order valence-corrected chi connectivity index (χ1v) is 23.8. The van der Waals surface area contributed by atoms with E-state index < -0.39 is 0 Å². The third-order valence-corrected chi connectivity index (χ3v) is 11.2. The minimum Gasteiger partial charge on any atom is -0.487 e. The SMILES string of the molecule is COCCOCCOCCOCCOCCOCCOCCOCCCOc1nn(C2CCC(N3CCOCC3)CC2)cc1Nc1ncc(-c2ccc(C#N)c(O[C@@H](C)Cn3cncn3)c2)cn1. The largest absolute Gasteiger partial charge is 0.487 e. The molecule has 21 heteroatoms. The lowest BCUT2D eigenvalue weighted by Crippen LogP contribution is -2.45. The molecule has 1 aromatic carbocycles. The van der Waals surface area contributed by atoms with E-state index in [1.54, 1.807) is 36.6 Å². The Morgan fingerprint density at radius 3 is 1.91 bits per heavy atom. The van der Waals surface area contributed by atoms with Gasteiger partial charge < -0.3 is 57.4 Å². The van der Waals surface area contributed by atoms with Crippen LogP contribution in [0, 0.1) is 11.3 Å². The summed E-state index contributed by atoms with van der Waals surface area (Å²) >= 11 is 0. The Balaban J connectivity index is 0.884. The molecule has 1 saturated heterocycles. The van der Waals surface area contributed by atoms with Gasteiger partial charge in [-0.05, 0) is 50.3 Å². The van der Waals surface area contributed by atoms with E-state index in [1.165, 1.54) is 6.33 Å². The molecular weight excluding hydrogens is 881 g/mol. The van der Waals surface area contributed by atoms with Crippen LogP contribution in [0.4, 0.5) is 11.6 Å². The fourth-order valence-corrected chi connectivity index (χ4v) is 7.68. The Morgan fingerprint density at radius 2 is 1.34 bits per heavy atom. The predicted molar refractivity (Wildman–Crippen MR) is 249 cm³/mol. The van der Waals surface area contributed by atoms with Crippen molar-refractivity contribution in [3.63, 3.8) is 0 Å². The molecule has 0 spiro atoms. The fourth-order valence-electron chi connectivity index (χ4n) is 7.68. The predicted octanol–water partition coefficient (Wildman–Crippen LogP) is 4.36. The van der Waals surface area contributed by atoms with Crippen LogP contribution in [0.1, 0.15) is 50.6 Å². The van der Waals surface area contributed by atoms with Crippen LogP contribution >= 0.6 is 0 Å². The summed E-state index contributed by atoms with van der Waals surface area (Å²) in [5.41, 5.74) is 2.71. The minimum absolute atomic E-state index is 0.251. The van der Waals surface area contributed by atoms with Gasteiger partial charge in [-0.1, -0.05) is 6.07 Å². The van der Waals surface area contributed by atoms with Gasteiger partial charge in [0.05, 0.1) is 137 Å². The summed E-state index contributed by atoms with van der Waals surface area (Å²) in [6, 6.07) is 8.49. The van der Waals surface area contributed by atoms with Gasteiger partial charge in [0.1, 0.15) is 36.3 Å². The van der Waals surface area contributed by atoms with Gasteiger partial charge in [-0.3, -0.25) is 9.58 Å². The van der Waals surface area contributed by atoms with Crippen molar-refractivity contribution in [3.05, 3.63) is 55.0 Å². The van der Waals surface area contributed by atoms with Crippen LogP contribution in [-0.2, 0) is 49.2 Å². The van der Waals surface area contributed by atoms with E-state index in [0.29, 0.717) is 154 Å². The monoisotopic (exact) mass is 951 g/mol. The lowest BCUT2D eigenvalue weighted by molar-refractivity contribution is -0.0223. The second-order valence-electron chi connectivity index (χ2n) is 16.2. The van der Waals surface area contributed by atoms with Gasteiger partial charge in [0, 0.05) is 57.2 Å². The number of anilines is 2. The molecule has 2 aliphatic rings. The highest BCUT2D eigenvalue weighted by Gasteiger charge is 2.29. The Labute approximate surface area is 399 Å². The highest BCUT2D eigenvalue weighted by Crippen LogP contribution is 2.35. The normalized spacial score (nSPS) is 17.0. The van der Waals surface area contributed by atoms with E-state index >= 15 is 0 Å². The van der Waals surface area contributed by atoms with Crippen LogP contribution < -0.4 is 14.8 Å². The molecule has 21 nitrogen and oxygen atoms in total. The summed E-state index contributed by atoms with van der Waals surface area (Å²) < 4.78 is 65.5. The summed E-state index contributed by atoms with van der Waals surface area (Å²) in [5, 5.41) is 22.2. The van der Waals surface area contributed by atoms with E-state index in [0.717, 1.165) is 63.1 Å². The van der Waals surface area contributed by atoms with E-state index in [1.807, 2.05) is 29.9 Å². The molecule has 1 aliphatic heterocycles. The highest BCUT2D eigenvalue weighted by molar-refractivity contribution is 5.67. The van der Waals surface area contributed by atoms with Crippen molar-refractivity contribution in [2.75, 3.05) is 144 Å². The molecule has 1 N–H and O–H groups in total. The summed E-state index contributed by atoms with van der Waals surface area (Å²) in [6.07, 6.45) is 13.3. The van der Waals surface area contributed by atoms with Crippen LogP contribution in [0.3, 0.4) is 0 Å². The van der Waals surface area contributed by atoms with Gasteiger partial charge in [-0.15, -0.1) is 5.10 Å². The summed E-state index contributed by atoms with van der Waals surface area (Å²) in [6.45, 7) is 14.1. The van der Waals surface area contributed by atoms with Crippen LogP contribution in [0.25, 0.3) is 11.1 Å². The number of morpholine rings is 1. The van der Waals surface area contributed by atoms with Gasteiger partial charge in [-0.25, -0.2) is 19.6 Å². The van der Waals surface area contributed by atoms with Gasteiger partial charge in [0.15, 0.2) is 0 Å². The van der Waals surface area contributed by atoms with E-state index in [9.17, 15) is 5.26 Å². The number of ether oxygens (including phenoxy) is 11. The van der Waals surface area contributed by atoms with Crippen molar-refractivity contribution in [3.8, 4) is 28.8 Å². The topological polar surface area (TPSA) is 215 Å². The maximum Gasteiger partial charge on any atom is 0.256 e. The third kappa shape index (κ3) is 18.9.